The van der Waals surface area contributed by atoms with E-state index >= 15 is 0 Å². The average molecular weight is 340 g/mol. The first kappa shape index (κ1) is 16.1. The number of pyridine rings is 2. The van der Waals surface area contributed by atoms with Gasteiger partial charge in [-0.15, -0.1) is 11.3 Å². The highest BCUT2D eigenvalue weighted by Crippen LogP contribution is 2.28. The lowest BCUT2D eigenvalue weighted by molar-refractivity contribution is 0.0998. The highest BCUT2D eigenvalue weighted by atomic mass is 32.1. The Morgan fingerprint density at radius 3 is 2.62 bits per heavy atom. The summed E-state index contributed by atoms with van der Waals surface area (Å²) in [5.74, 6) is -0.585. The molecule has 1 amide bonds. The Bertz CT molecular complexity index is 945. The minimum atomic E-state index is -0.569. The third kappa shape index (κ3) is 2.98. The van der Waals surface area contributed by atoms with Crippen molar-refractivity contribution in [2.24, 2.45) is 5.73 Å². The van der Waals surface area contributed by atoms with Crippen LogP contribution in [0.1, 0.15) is 35.8 Å². The Hall–Kier alpha value is -2.80. The highest BCUT2D eigenvalue weighted by molar-refractivity contribution is 7.13. The fourth-order valence-electron chi connectivity index (χ4n) is 2.42. The van der Waals surface area contributed by atoms with Crippen molar-refractivity contribution in [2.75, 3.05) is 0 Å². The van der Waals surface area contributed by atoms with Gasteiger partial charge in [-0.25, -0.2) is 4.98 Å². The van der Waals surface area contributed by atoms with Crippen LogP contribution in [0, 0.1) is 0 Å². The summed E-state index contributed by atoms with van der Waals surface area (Å²) >= 11 is 1.42. The summed E-state index contributed by atoms with van der Waals surface area (Å²) in [4.78, 5) is 35.4. The fourth-order valence-corrected chi connectivity index (χ4v) is 3.24. The van der Waals surface area contributed by atoms with Crippen LogP contribution in [0.25, 0.3) is 21.8 Å². The molecular formula is C17H16N4O2S. The molecule has 0 aliphatic rings. The largest absolute Gasteiger partial charge is 0.366 e. The van der Waals surface area contributed by atoms with Gasteiger partial charge in [-0.05, 0) is 24.1 Å². The van der Waals surface area contributed by atoms with Gasteiger partial charge < -0.3 is 10.7 Å². The van der Waals surface area contributed by atoms with E-state index in [1.807, 2.05) is 26.0 Å². The average Bonchev–Trinajstić information content (AvgIpc) is 3.04. The van der Waals surface area contributed by atoms with Crippen LogP contribution in [0.3, 0.4) is 0 Å². The van der Waals surface area contributed by atoms with E-state index in [9.17, 15) is 9.59 Å². The van der Waals surface area contributed by atoms with Crippen molar-refractivity contribution in [1.82, 2.24) is 15.0 Å². The van der Waals surface area contributed by atoms with Crippen molar-refractivity contribution < 1.29 is 4.79 Å². The normalized spacial score (nSPS) is 11.0. The quantitative estimate of drug-likeness (QED) is 0.762. The molecule has 3 aromatic heterocycles. The maximum Gasteiger partial charge on any atom is 0.257 e. The molecule has 0 fully saturated rings. The fraction of sp³-hybridized carbons (Fsp3) is 0.176. The number of primary amides is 1. The number of nitrogens with one attached hydrogen (secondary N) is 1. The van der Waals surface area contributed by atoms with Gasteiger partial charge in [0.05, 0.1) is 16.8 Å². The van der Waals surface area contributed by atoms with Gasteiger partial charge in [0.25, 0.3) is 11.5 Å². The predicted octanol–water partition coefficient (Wildman–Crippen LogP) is 2.78. The number of H-pyrrole nitrogens is 1. The first-order valence-corrected chi connectivity index (χ1v) is 8.28. The lowest BCUT2D eigenvalue weighted by Gasteiger charge is -2.11. The molecule has 122 valence electrons. The molecule has 0 atom stereocenters. The van der Waals surface area contributed by atoms with Crippen LogP contribution in [0.2, 0.25) is 0 Å². The van der Waals surface area contributed by atoms with Gasteiger partial charge in [-0.1, -0.05) is 13.8 Å². The van der Waals surface area contributed by atoms with Gasteiger partial charge in [-0.3, -0.25) is 14.6 Å². The first-order chi connectivity index (χ1) is 11.5. The number of hydrogen-bond donors (Lipinski definition) is 2. The molecular weight excluding hydrogens is 324 g/mol. The number of aromatic amines is 1. The zero-order valence-electron chi connectivity index (χ0n) is 13.2. The third-order valence-corrected chi connectivity index (χ3v) is 4.51. The zero-order valence-corrected chi connectivity index (χ0v) is 14.1. The lowest BCUT2D eigenvalue weighted by atomic mass is 10.0. The smallest absolute Gasteiger partial charge is 0.257 e. The number of nitrogens with two attached hydrogens (primary N) is 1. The van der Waals surface area contributed by atoms with Crippen molar-refractivity contribution in [2.45, 2.75) is 19.8 Å². The minimum absolute atomic E-state index is 0.0166. The van der Waals surface area contributed by atoms with E-state index in [1.54, 1.807) is 17.8 Å². The molecule has 0 spiro atoms. The molecule has 0 bridgehead atoms. The van der Waals surface area contributed by atoms with Crippen molar-refractivity contribution in [1.29, 1.82) is 0 Å². The first-order valence-electron chi connectivity index (χ1n) is 7.40. The molecule has 0 aliphatic heterocycles. The lowest BCUT2D eigenvalue weighted by Crippen LogP contribution is -2.21. The Balaban J connectivity index is 2.10. The summed E-state index contributed by atoms with van der Waals surface area (Å²) in [6, 6.07) is 5.23. The molecule has 3 aromatic rings. The predicted molar refractivity (Wildman–Crippen MR) is 94.0 cm³/mol. The molecule has 0 radical (unpaired) electrons. The summed E-state index contributed by atoms with van der Waals surface area (Å²) in [5.41, 5.74) is 7.82. The topological polar surface area (TPSA) is 102 Å². The molecule has 0 saturated carbocycles. The van der Waals surface area contributed by atoms with Crippen molar-refractivity contribution in [3.63, 3.8) is 0 Å². The second-order valence-corrected chi connectivity index (χ2v) is 6.49. The number of aromatic nitrogens is 3. The SMILES string of the molecule is CC(C)c1[nH]c(=O)c(-c2csc(-c3ccncc3)n2)cc1C(N)=O. The zero-order chi connectivity index (χ0) is 17.3. The minimum Gasteiger partial charge on any atom is -0.366 e. The summed E-state index contributed by atoms with van der Waals surface area (Å²) in [6.45, 7) is 3.78. The molecule has 0 saturated heterocycles. The summed E-state index contributed by atoms with van der Waals surface area (Å²) < 4.78 is 0. The van der Waals surface area contributed by atoms with E-state index in [2.05, 4.69) is 15.0 Å². The molecule has 0 aromatic carbocycles. The van der Waals surface area contributed by atoms with Crippen LogP contribution < -0.4 is 11.3 Å². The van der Waals surface area contributed by atoms with Crippen LogP contribution in [0.4, 0.5) is 0 Å². The van der Waals surface area contributed by atoms with E-state index in [1.165, 1.54) is 17.4 Å². The molecule has 7 heteroatoms. The second-order valence-electron chi connectivity index (χ2n) is 5.63. The Labute approximate surface area is 142 Å². The van der Waals surface area contributed by atoms with Gasteiger partial charge in [0.15, 0.2) is 0 Å². The van der Waals surface area contributed by atoms with E-state index in [0.717, 1.165) is 10.6 Å². The molecule has 3 rings (SSSR count). The number of carbonyl (C=O) groups excluding carboxylic acids is 1. The summed E-state index contributed by atoms with van der Waals surface area (Å²) in [5, 5.41) is 2.57. The van der Waals surface area contributed by atoms with Crippen molar-refractivity contribution in [3.8, 4) is 21.8 Å². The number of nitrogens with zero attached hydrogens (tertiary/aromatic N) is 2. The number of rotatable bonds is 4. The van der Waals surface area contributed by atoms with E-state index in [-0.39, 0.29) is 11.5 Å². The van der Waals surface area contributed by atoms with Crippen molar-refractivity contribution in [3.05, 3.63) is 57.6 Å². The molecule has 6 nitrogen and oxygen atoms in total. The van der Waals surface area contributed by atoms with Crippen LogP contribution in [-0.2, 0) is 0 Å². The maximum atomic E-state index is 12.4. The maximum absolute atomic E-state index is 12.4. The highest BCUT2D eigenvalue weighted by Gasteiger charge is 2.18. The number of thiazole rings is 1. The van der Waals surface area contributed by atoms with Gasteiger partial charge in [0, 0.05) is 29.0 Å². The monoisotopic (exact) mass is 340 g/mol. The molecule has 3 heterocycles. The van der Waals surface area contributed by atoms with Gasteiger partial charge >= 0.3 is 0 Å². The Morgan fingerprint density at radius 2 is 2.00 bits per heavy atom. The Kier molecular flexibility index (Phi) is 4.26. The van der Waals surface area contributed by atoms with Crippen LogP contribution in [-0.4, -0.2) is 20.9 Å². The number of amides is 1. The molecule has 0 unspecified atom stereocenters. The summed E-state index contributed by atoms with van der Waals surface area (Å²) in [7, 11) is 0. The van der Waals surface area contributed by atoms with Gasteiger partial charge in [0.2, 0.25) is 0 Å². The van der Waals surface area contributed by atoms with Gasteiger partial charge in [0.1, 0.15) is 5.01 Å². The standard InChI is InChI=1S/C17H16N4O2S/c1-9(2)14-12(15(18)22)7-11(16(23)21-14)13-8-24-17(20-13)10-3-5-19-6-4-10/h3-9H,1-2H3,(H2,18,22)(H,21,23). The van der Waals surface area contributed by atoms with Crippen LogP contribution >= 0.6 is 11.3 Å². The van der Waals surface area contributed by atoms with E-state index < -0.39 is 5.91 Å². The van der Waals surface area contributed by atoms with E-state index in [4.69, 9.17) is 5.73 Å². The number of carbonyl (C=O) groups is 1. The second kappa shape index (κ2) is 6.37. The third-order valence-electron chi connectivity index (χ3n) is 3.62. The van der Waals surface area contributed by atoms with Crippen LogP contribution in [0.5, 0.6) is 0 Å². The molecule has 24 heavy (non-hydrogen) atoms. The van der Waals surface area contributed by atoms with Crippen LogP contribution in [0.15, 0.2) is 40.8 Å². The molecule has 3 N–H and O–H groups in total. The molecule has 0 aliphatic carbocycles. The van der Waals surface area contributed by atoms with Gasteiger partial charge in [-0.2, -0.15) is 0 Å². The number of hydrogen-bond acceptors (Lipinski definition) is 5. The Morgan fingerprint density at radius 1 is 1.29 bits per heavy atom. The van der Waals surface area contributed by atoms with Crippen molar-refractivity contribution >= 4 is 17.2 Å². The summed E-state index contributed by atoms with van der Waals surface area (Å²) in [6.07, 6.45) is 3.37. The van der Waals surface area contributed by atoms with E-state index in [0.29, 0.717) is 22.5 Å².